The largest absolute Gasteiger partial charge is 0.495 e. The minimum Gasteiger partial charge on any atom is -0.495 e. The molecular formula is C15H20N2O. The number of hydrogen-bond donors (Lipinski definition) is 1. The van der Waals surface area contributed by atoms with Gasteiger partial charge in [-0.05, 0) is 36.8 Å². The average Bonchev–Trinajstić information content (AvgIpc) is 2.69. The molecular weight excluding hydrogens is 224 g/mol. The van der Waals surface area contributed by atoms with Gasteiger partial charge in [0.25, 0.3) is 0 Å². The molecule has 0 bridgehead atoms. The van der Waals surface area contributed by atoms with Crippen LogP contribution in [0.25, 0.3) is 0 Å². The minimum absolute atomic E-state index is 0.395. The van der Waals surface area contributed by atoms with Gasteiger partial charge in [-0.1, -0.05) is 19.9 Å². The monoisotopic (exact) mass is 244 g/mol. The van der Waals surface area contributed by atoms with Gasteiger partial charge in [-0.15, -0.1) is 0 Å². The van der Waals surface area contributed by atoms with Gasteiger partial charge >= 0.3 is 0 Å². The molecule has 2 rings (SSSR count). The number of hydrogen-bond acceptors (Lipinski definition) is 3. The Hall–Kier alpha value is -1.69. The molecule has 0 amide bonds. The fourth-order valence-corrected chi connectivity index (χ4v) is 2.71. The Morgan fingerprint density at radius 1 is 1.44 bits per heavy atom. The summed E-state index contributed by atoms with van der Waals surface area (Å²) < 4.78 is 5.34. The molecule has 3 heteroatoms. The normalized spacial score (nSPS) is 21.3. The van der Waals surface area contributed by atoms with Crippen LogP contribution in [0.2, 0.25) is 0 Å². The summed E-state index contributed by atoms with van der Waals surface area (Å²) in [6.45, 7) is 4.59. The lowest BCUT2D eigenvalue weighted by Gasteiger charge is -2.20. The zero-order valence-corrected chi connectivity index (χ0v) is 11.3. The number of nitrogens with zero attached hydrogens (tertiary/aromatic N) is 1. The highest BCUT2D eigenvalue weighted by atomic mass is 16.5. The van der Waals surface area contributed by atoms with E-state index in [4.69, 9.17) is 10.00 Å². The fourth-order valence-electron chi connectivity index (χ4n) is 2.71. The molecule has 0 radical (unpaired) electrons. The summed E-state index contributed by atoms with van der Waals surface area (Å²) in [5.41, 5.74) is 1.89. The first-order valence-electron chi connectivity index (χ1n) is 6.39. The van der Waals surface area contributed by atoms with Crippen LogP contribution in [0.1, 0.15) is 38.7 Å². The molecule has 0 aromatic heterocycles. The van der Waals surface area contributed by atoms with Gasteiger partial charge in [-0.2, -0.15) is 5.26 Å². The molecule has 1 fully saturated rings. The summed E-state index contributed by atoms with van der Waals surface area (Å²) in [4.78, 5) is 0. The Morgan fingerprint density at radius 2 is 2.22 bits per heavy atom. The highest BCUT2D eigenvalue weighted by Gasteiger charge is 2.31. The topological polar surface area (TPSA) is 45.0 Å². The third kappa shape index (κ3) is 2.59. The number of benzene rings is 1. The van der Waals surface area contributed by atoms with Crippen LogP contribution < -0.4 is 10.1 Å². The minimum atomic E-state index is 0.395. The second-order valence-electron chi connectivity index (χ2n) is 5.74. The Morgan fingerprint density at radius 3 is 2.78 bits per heavy atom. The molecule has 3 nitrogen and oxygen atoms in total. The second-order valence-corrected chi connectivity index (χ2v) is 5.74. The van der Waals surface area contributed by atoms with Crippen molar-refractivity contribution in [2.45, 2.75) is 39.2 Å². The van der Waals surface area contributed by atoms with Crippen LogP contribution >= 0.6 is 0 Å². The smallest absolute Gasteiger partial charge is 0.143 e. The average molecular weight is 244 g/mol. The van der Waals surface area contributed by atoms with Crippen molar-refractivity contribution >= 4 is 5.69 Å². The van der Waals surface area contributed by atoms with Crippen molar-refractivity contribution in [1.29, 1.82) is 5.26 Å². The molecule has 1 N–H and O–H groups in total. The van der Waals surface area contributed by atoms with Crippen molar-refractivity contribution in [2.75, 3.05) is 12.4 Å². The second kappa shape index (κ2) is 4.89. The maximum Gasteiger partial charge on any atom is 0.143 e. The van der Waals surface area contributed by atoms with Crippen molar-refractivity contribution in [3.63, 3.8) is 0 Å². The predicted octanol–water partition coefficient (Wildman–Crippen LogP) is 3.56. The number of ether oxygens (including phenoxy) is 1. The number of rotatable bonds is 3. The summed E-state index contributed by atoms with van der Waals surface area (Å²) in [5, 5.41) is 12.7. The standard InChI is InChI=1S/C15H20N2O/c1-15(2)8-7-12(9-15)17-14-11(10-16)5-4-6-13(14)18-3/h4-6,12,17H,7-9H2,1-3H3. The third-order valence-corrected chi connectivity index (χ3v) is 3.68. The number of para-hydroxylation sites is 1. The van der Waals surface area contributed by atoms with Gasteiger partial charge in [0.2, 0.25) is 0 Å². The van der Waals surface area contributed by atoms with E-state index in [-0.39, 0.29) is 0 Å². The third-order valence-electron chi connectivity index (χ3n) is 3.68. The van der Waals surface area contributed by atoms with Gasteiger partial charge in [0.15, 0.2) is 0 Å². The first-order valence-corrected chi connectivity index (χ1v) is 6.39. The van der Waals surface area contributed by atoms with Crippen LogP contribution in [-0.2, 0) is 0 Å². The number of nitriles is 1. The van der Waals surface area contributed by atoms with E-state index in [9.17, 15) is 0 Å². The summed E-state index contributed by atoms with van der Waals surface area (Å²) in [5.74, 6) is 0.749. The molecule has 1 atom stereocenters. The molecule has 1 unspecified atom stereocenters. The Labute approximate surface area is 109 Å². The van der Waals surface area contributed by atoms with E-state index in [1.54, 1.807) is 7.11 Å². The van der Waals surface area contributed by atoms with Crippen molar-refractivity contribution in [1.82, 2.24) is 0 Å². The van der Waals surface area contributed by atoms with Gasteiger partial charge in [-0.25, -0.2) is 0 Å². The maximum absolute atomic E-state index is 9.17. The lowest BCUT2D eigenvalue weighted by Crippen LogP contribution is -2.18. The van der Waals surface area contributed by atoms with E-state index < -0.39 is 0 Å². The molecule has 0 heterocycles. The zero-order valence-electron chi connectivity index (χ0n) is 11.3. The van der Waals surface area contributed by atoms with E-state index in [0.717, 1.165) is 24.3 Å². The van der Waals surface area contributed by atoms with Gasteiger partial charge < -0.3 is 10.1 Å². The van der Waals surface area contributed by atoms with Crippen molar-refractivity contribution in [2.24, 2.45) is 5.41 Å². The molecule has 1 aromatic carbocycles. The van der Waals surface area contributed by atoms with Crippen molar-refractivity contribution < 1.29 is 4.74 Å². The fraction of sp³-hybridized carbons (Fsp3) is 0.533. The van der Waals surface area contributed by atoms with Crippen LogP contribution in [0.15, 0.2) is 18.2 Å². The summed E-state index contributed by atoms with van der Waals surface area (Å²) in [7, 11) is 1.64. The lowest BCUT2D eigenvalue weighted by molar-refractivity contribution is 0.378. The quantitative estimate of drug-likeness (QED) is 0.884. The number of anilines is 1. The SMILES string of the molecule is COc1cccc(C#N)c1NC1CCC(C)(C)C1. The van der Waals surface area contributed by atoms with Gasteiger partial charge in [0.05, 0.1) is 18.4 Å². The Bertz CT molecular complexity index is 474. The van der Waals surface area contributed by atoms with Crippen LogP contribution in [0, 0.1) is 16.7 Å². The molecule has 0 aliphatic heterocycles. The molecule has 0 saturated heterocycles. The van der Waals surface area contributed by atoms with E-state index in [0.29, 0.717) is 17.0 Å². The maximum atomic E-state index is 9.17. The number of nitrogens with one attached hydrogen (secondary N) is 1. The van der Waals surface area contributed by atoms with Crippen LogP contribution in [-0.4, -0.2) is 13.2 Å². The Balaban J connectivity index is 2.21. The van der Waals surface area contributed by atoms with E-state index >= 15 is 0 Å². The highest BCUT2D eigenvalue weighted by molar-refractivity contribution is 5.66. The molecule has 96 valence electrons. The van der Waals surface area contributed by atoms with E-state index in [2.05, 4.69) is 25.2 Å². The predicted molar refractivity (Wildman–Crippen MR) is 72.8 cm³/mol. The van der Waals surface area contributed by atoms with Gasteiger partial charge in [-0.3, -0.25) is 0 Å². The highest BCUT2D eigenvalue weighted by Crippen LogP contribution is 2.40. The van der Waals surface area contributed by atoms with Crippen LogP contribution in [0.5, 0.6) is 5.75 Å². The van der Waals surface area contributed by atoms with Gasteiger partial charge in [0, 0.05) is 6.04 Å². The first-order chi connectivity index (χ1) is 8.55. The van der Waals surface area contributed by atoms with Crippen molar-refractivity contribution in [3.05, 3.63) is 23.8 Å². The van der Waals surface area contributed by atoms with Crippen molar-refractivity contribution in [3.8, 4) is 11.8 Å². The van der Waals surface area contributed by atoms with Gasteiger partial charge in [0.1, 0.15) is 11.8 Å². The van der Waals surface area contributed by atoms with E-state index in [1.165, 1.54) is 6.42 Å². The molecule has 18 heavy (non-hydrogen) atoms. The number of methoxy groups -OCH3 is 1. The molecule has 1 aliphatic carbocycles. The molecule has 0 spiro atoms. The zero-order chi connectivity index (χ0) is 13.2. The summed E-state index contributed by atoms with van der Waals surface area (Å²) in [6.07, 6.45) is 3.51. The van der Waals surface area contributed by atoms with E-state index in [1.807, 2.05) is 18.2 Å². The van der Waals surface area contributed by atoms with Crippen LogP contribution in [0.4, 0.5) is 5.69 Å². The molecule has 1 saturated carbocycles. The first kappa shape index (κ1) is 12.8. The Kier molecular flexibility index (Phi) is 3.47. The lowest BCUT2D eigenvalue weighted by atomic mass is 9.92. The summed E-state index contributed by atoms with van der Waals surface area (Å²) >= 11 is 0. The van der Waals surface area contributed by atoms with Crippen LogP contribution in [0.3, 0.4) is 0 Å². The molecule has 1 aliphatic rings. The summed E-state index contributed by atoms with van der Waals surface area (Å²) in [6, 6.07) is 8.22. The molecule has 1 aromatic rings.